The van der Waals surface area contributed by atoms with Crippen molar-refractivity contribution in [1.82, 2.24) is 10.2 Å². The SMILES string of the molecule is CN(CC(=O)NCC1CCCCC1)C1c2cc(Cl)cc(Cl)c2CC1O. The van der Waals surface area contributed by atoms with E-state index in [9.17, 15) is 9.90 Å². The molecule has 2 unspecified atom stereocenters. The Kier molecular flexibility index (Phi) is 6.26. The third-order valence-electron chi connectivity index (χ3n) is 5.47. The van der Waals surface area contributed by atoms with Gasteiger partial charge in [-0.1, -0.05) is 42.5 Å². The highest BCUT2D eigenvalue weighted by atomic mass is 35.5. The molecule has 0 aromatic heterocycles. The van der Waals surface area contributed by atoms with Gasteiger partial charge < -0.3 is 10.4 Å². The fraction of sp³-hybridized carbons (Fsp3) is 0.632. The van der Waals surface area contributed by atoms with E-state index in [0.29, 0.717) is 22.4 Å². The number of fused-ring (bicyclic) bond motifs is 1. The van der Waals surface area contributed by atoms with E-state index >= 15 is 0 Å². The number of amides is 1. The molecule has 2 N–H and O–H groups in total. The van der Waals surface area contributed by atoms with Gasteiger partial charge in [0.15, 0.2) is 0 Å². The fourth-order valence-electron chi connectivity index (χ4n) is 4.19. The highest BCUT2D eigenvalue weighted by Gasteiger charge is 2.36. The first-order valence-corrected chi connectivity index (χ1v) is 9.84. The lowest BCUT2D eigenvalue weighted by Crippen LogP contribution is -2.41. The molecule has 25 heavy (non-hydrogen) atoms. The summed E-state index contributed by atoms with van der Waals surface area (Å²) in [6, 6.07) is 3.29. The van der Waals surface area contributed by atoms with E-state index in [0.717, 1.165) is 17.7 Å². The number of nitrogens with zero attached hydrogens (tertiary/aromatic N) is 1. The molecule has 0 spiro atoms. The molecule has 0 bridgehead atoms. The molecule has 1 amide bonds. The van der Waals surface area contributed by atoms with Gasteiger partial charge in [0.05, 0.1) is 18.7 Å². The van der Waals surface area contributed by atoms with Gasteiger partial charge >= 0.3 is 0 Å². The first-order chi connectivity index (χ1) is 12.0. The van der Waals surface area contributed by atoms with E-state index in [-0.39, 0.29) is 18.5 Å². The summed E-state index contributed by atoms with van der Waals surface area (Å²) >= 11 is 12.4. The van der Waals surface area contributed by atoms with Gasteiger partial charge in [-0.25, -0.2) is 0 Å². The molecule has 1 saturated carbocycles. The van der Waals surface area contributed by atoms with Crippen LogP contribution in [0.4, 0.5) is 0 Å². The Morgan fingerprint density at radius 3 is 2.72 bits per heavy atom. The number of hydrogen-bond donors (Lipinski definition) is 2. The van der Waals surface area contributed by atoms with Crippen LogP contribution in [0.25, 0.3) is 0 Å². The smallest absolute Gasteiger partial charge is 0.234 e. The Balaban J connectivity index is 1.59. The number of nitrogens with one attached hydrogen (secondary N) is 1. The molecular formula is C19H26Cl2N2O2. The molecule has 1 aromatic rings. The van der Waals surface area contributed by atoms with Crippen LogP contribution in [-0.2, 0) is 11.2 Å². The summed E-state index contributed by atoms with van der Waals surface area (Å²) in [4.78, 5) is 14.2. The molecule has 138 valence electrons. The van der Waals surface area contributed by atoms with Crippen LogP contribution in [0.5, 0.6) is 0 Å². The number of hydrogen-bond acceptors (Lipinski definition) is 3. The highest BCUT2D eigenvalue weighted by molar-refractivity contribution is 6.35. The number of carbonyl (C=O) groups excluding carboxylic acids is 1. The van der Waals surface area contributed by atoms with Crippen molar-refractivity contribution in [3.63, 3.8) is 0 Å². The molecule has 0 heterocycles. The van der Waals surface area contributed by atoms with Gasteiger partial charge in [-0.15, -0.1) is 0 Å². The van der Waals surface area contributed by atoms with Crippen molar-refractivity contribution in [2.24, 2.45) is 5.92 Å². The largest absolute Gasteiger partial charge is 0.391 e. The molecule has 0 aliphatic heterocycles. The molecular weight excluding hydrogens is 359 g/mol. The second-order valence-corrected chi connectivity index (χ2v) is 8.24. The van der Waals surface area contributed by atoms with Gasteiger partial charge in [0.2, 0.25) is 5.91 Å². The molecule has 2 atom stereocenters. The predicted molar refractivity (Wildman–Crippen MR) is 101 cm³/mol. The number of halogens is 2. The maximum Gasteiger partial charge on any atom is 0.234 e. The lowest BCUT2D eigenvalue weighted by Gasteiger charge is -2.28. The van der Waals surface area contributed by atoms with Crippen molar-refractivity contribution in [2.75, 3.05) is 20.1 Å². The zero-order valence-corrected chi connectivity index (χ0v) is 16.1. The number of likely N-dealkylation sites (N-methyl/N-ethyl adjacent to an activating group) is 1. The number of aliphatic hydroxyl groups excluding tert-OH is 1. The molecule has 0 saturated heterocycles. The lowest BCUT2D eigenvalue weighted by molar-refractivity contribution is -0.123. The van der Waals surface area contributed by atoms with Gasteiger partial charge in [0.25, 0.3) is 0 Å². The zero-order valence-electron chi connectivity index (χ0n) is 14.6. The first-order valence-electron chi connectivity index (χ1n) is 9.08. The Morgan fingerprint density at radius 2 is 2.00 bits per heavy atom. The second kappa shape index (κ2) is 8.26. The third kappa shape index (κ3) is 4.48. The standard InChI is InChI=1S/C19H26Cl2N2O2/c1-23(11-18(25)22-10-12-5-3-2-4-6-12)19-15-7-13(20)8-16(21)14(15)9-17(19)24/h7-8,12,17,19,24H,2-6,9-11H2,1H3,(H,22,25). The van der Waals surface area contributed by atoms with Crippen LogP contribution < -0.4 is 5.32 Å². The summed E-state index contributed by atoms with van der Waals surface area (Å²) in [5.41, 5.74) is 1.85. The van der Waals surface area contributed by atoms with Gasteiger partial charge in [-0.3, -0.25) is 9.69 Å². The number of aliphatic hydroxyl groups is 1. The minimum absolute atomic E-state index is 0.00171. The van der Waals surface area contributed by atoms with Crippen LogP contribution in [-0.4, -0.2) is 42.2 Å². The van der Waals surface area contributed by atoms with Crippen LogP contribution in [0.15, 0.2) is 12.1 Å². The molecule has 4 nitrogen and oxygen atoms in total. The number of rotatable bonds is 5. The normalized spacial score (nSPS) is 23.7. The first kappa shape index (κ1) is 19.0. The predicted octanol–water partition coefficient (Wildman–Crippen LogP) is 3.58. The molecule has 2 aliphatic rings. The van der Waals surface area contributed by atoms with Crippen molar-refractivity contribution in [3.05, 3.63) is 33.3 Å². The third-order valence-corrected chi connectivity index (χ3v) is 6.03. The second-order valence-electron chi connectivity index (χ2n) is 7.39. The molecule has 6 heteroatoms. The summed E-state index contributed by atoms with van der Waals surface area (Å²) in [5.74, 6) is 0.611. The van der Waals surface area contributed by atoms with Crippen LogP contribution in [0.1, 0.15) is 49.3 Å². The molecule has 0 radical (unpaired) electrons. The maximum atomic E-state index is 12.3. The van der Waals surface area contributed by atoms with Crippen molar-refractivity contribution in [1.29, 1.82) is 0 Å². The molecule has 1 aromatic carbocycles. The highest BCUT2D eigenvalue weighted by Crippen LogP contribution is 2.40. The maximum absolute atomic E-state index is 12.3. The average molecular weight is 385 g/mol. The lowest BCUT2D eigenvalue weighted by atomic mass is 9.89. The van der Waals surface area contributed by atoms with Crippen LogP contribution in [0.2, 0.25) is 10.0 Å². The Labute approximate surface area is 159 Å². The minimum atomic E-state index is -0.581. The topological polar surface area (TPSA) is 52.6 Å². The van der Waals surface area contributed by atoms with Gasteiger partial charge in [0, 0.05) is 23.0 Å². The number of benzene rings is 1. The van der Waals surface area contributed by atoms with Crippen molar-refractivity contribution >= 4 is 29.1 Å². The Hall–Kier alpha value is -0.810. The van der Waals surface area contributed by atoms with Crippen LogP contribution in [0, 0.1) is 5.92 Å². The quantitative estimate of drug-likeness (QED) is 0.815. The van der Waals surface area contributed by atoms with Crippen molar-refractivity contribution in [2.45, 2.75) is 50.7 Å². The summed E-state index contributed by atoms with van der Waals surface area (Å²) in [6.45, 7) is 1.01. The fourth-order valence-corrected chi connectivity index (χ4v) is 4.78. The summed E-state index contributed by atoms with van der Waals surface area (Å²) in [5, 5.41) is 14.7. The molecule has 2 aliphatic carbocycles. The minimum Gasteiger partial charge on any atom is -0.391 e. The van der Waals surface area contributed by atoms with E-state index in [1.165, 1.54) is 32.1 Å². The van der Waals surface area contributed by atoms with Gasteiger partial charge in [0.1, 0.15) is 0 Å². The summed E-state index contributed by atoms with van der Waals surface area (Å²) < 4.78 is 0. The van der Waals surface area contributed by atoms with E-state index in [1.54, 1.807) is 6.07 Å². The average Bonchev–Trinajstić information content (AvgIpc) is 2.90. The Bertz CT molecular complexity index is 632. The zero-order chi connectivity index (χ0) is 18.0. The Morgan fingerprint density at radius 1 is 1.28 bits per heavy atom. The van der Waals surface area contributed by atoms with E-state index < -0.39 is 6.10 Å². The van der Waals surface area contributed by atoms with Crippen LogP contribution in [0.3, 0.4) is 0 Å². The number of carbonyl (C=O) groups is 1. The van der Waals surface area contributed by atoms with Gasteiger partial charge in [-0.2, -0.15) is 0 Å². The van der Waals surface area contributed by atoms with E-state index in [1.807, 2.05) is 18.0 Å². The van der Waals surface area contributed by atoms with E-state index in [2.05, 4.69) is 5.32 Å². The summed E-state index contributed by atoms with van der Waals surface area (Å²) in [7, 11) is 1.86. The van der Waals surface area contributed by atoms with Crippen molar-refractivity contribution < 1.29 is 9.90 Å². The molecule has 1 fully saturated rings. The summed E-state index contributed by atoms with van der Waals surface area (Å²) in [6.07, 6.45) is 6.19. The van der Waals surface area contributed by atoms with Crippen LogP contribution >= 0.6 is 23.2 Å². The van der Waals surface area contributed by atoms with E-state index in [4.69, 9.17) is 23.2 Å². The monoisotopic (exact) mass is 384 g/mol. The molecule has 3 rings (SSSR count). The van der Waals surface area contributed by atoms with Gasteiger partial charge in [-0.05, 0) is 49.1 Å². The van der Waals surface area contributed by atoms with Crippen molar-refractivity contribution in [3.8, 4) is 0 Å².